The molecule has 0 aromatic carbocycles. The van der Waals surface area contributed by atoms with E-state index < -0.39 is 6.10 Å². The first kappa shape index (κ1) is 14.7. The monoisotopic (exact) mass is 244 g/mol. The summed E-state index contributed by atoms with van der Waals surface area (Å²) in [6.45, 7) is 7.94. The Morgan fingerprint density at radius 1 is 1.67 bits per heavy atom. The van der Waals surface area contributed by atoms with Gasteiger partial charge in [-0.1, -0.05) is 38.6 Å². The van der Waals surface area contributed by atoms with E-state index >= 15 is 0 Å². The van der Waals surface area contributed by atoms with E-state index in [0.717, 1.165) is 31.1 Å². The standard InChI is InChI=1S/C14H21BN2O/c1-4-5-6-7-17-13(11(2)3)14(18)12-8-15(9-12)10-16/h6-7,12,14,18H,2,4-5,8-9H2,1,3H3/b7-6-,17-13+. The molecule has 18 heavy (non-hydrogen) atoms. The van der Waals surface area contributed by atoms with Gasteiger partial charge in [0.15, 0.2) is 0 Å². The molecule has 1 N–H and O–H groups in total. The van der Waals surface area contributed by atoms with E-state index in [0.29, 0.717) is 5.71 Å². The van der Waals surface area contributed by atoms with Gasteiger partial charge in [0, 0.05) is 12.2 Å². The van der Waals surface area contributed by atoms with Gasteiger partial charge in [-0.2, -0.15) is 0 Å². The minimum Gasteiger partial charge on any atom is -0.387 e. The molecule has 1 rings (SSSR count). The van der Waals surface area contributed by atoms with Gasteiger partial charge in [-0.25, -0.2) is 5.26 Å². The van der Waals surface area contributed by atoms with Crippen molar-refractivity contribution in [1.82, 2.24) is 0 Å². The highest BCUT2D eigenvalue weighted by molar-refractivity contribution is 6.69. The molecule has 1 fully saturated rings. The average molecular weight is 244 g/mol. The van der Waals surface area contributed by atoms with Crippen LogP contribution in [-0.2, 0) is 0 Å². The Labute approximate surface area is 110 Å². The summed E-state index contributed by atoms with van der Waals surface area (Å²) in [5.74, 6) is 2.38. The van der Waals surface area contributed by atoms with Gasteiger partial charge in [-0.05, 0) is 24.8 Å². The number of hydrogen-bond donors (Lipinski definition) is 1. The van der Waals surface area contributed by atoms with Crippen molar-refractivity contribution in [2.24, 2.45) is 10.9 Å². The molecule has 0 spiro atoms. The van der Waals surface area contributed by atoms with E-state index in [1.165, 1.54) is 0 Å². The van der Waals surface area contributed by atoms with Crippen LogP contribution in [0.5, 0.6) is 0 Å². The van der Waals surface area contributed by atoms with E-state index in [2.05, 4.69) is 24.5 Å². The summed E-state index contributed by atoms with van der Waals surface area (Å²) in [5.41, 5.74) is 1.45. The lowest BCUT2D eigenvalue weighted by Gasteiger charge is -2.33. The molecule has 0 aliphatic carbocycles. The van der Waals surface area contributed by atoms with Crippen LogP contribution in [0.4, 0.5) is 0 Å². The van der Waals surface area contributed by atoms with Gasteiger partial charge in [0.05, 0.1) is 11.8 Å². The lowest BCUT2D eigenvalue weighted by atomic mass is 9.32. The summed E-state index contributed by atoms with van der Waals surface area (Å²) >= 11 is 0. The second kappa shape index (κ2) is 7.18. The van der Waals surface area contributed by atoms with E-state index in [-0.39, 0.29) is 12.6 Å². The average Bonchev–Trinajstić information content (AvgIpc) is 2.27. The van der Waals surface area contributed by atoms with Crippen LogP contribution in [0, 0.1) is 17.1 Å². The third-order valence-electron chi connectivity index (χ3n) is 3.30. The Morgan fingerprint density at radius 3 is 2.83 bits per heavy atom. The van der Waals surface area contributed by atoms with Crippen LogP contribution in [-0.4, -0.2) is 23.6 Å². The Hall–Kier alpha value is -1.34. The number of allylic oxidation sites excluding steroid dienone is 1. The van der Waals surface area contributed by atoms with Crippen LogP contribution in [0.3, 0.4) is 0 Å². The SMILES string of the molecule is C=C(C)/C(=N\C=C/CCC)C(O)C1CB(C#N)C1. The first-order valence-electron chi connectivity index (χ1n) is 6.56. The Bertz CT molecular complexity index is 389. The van der Waals surface area contributed by atoms with Crippen molar-refractivity contribution >= 4 is 12.4 Å². The molecule has 0 amide bonds. The summed E-state index contributed by atoms with van der Waals surface area (Å²) in [6, 6.07) is 0. The molecule has 1 aliphatic heterocycles. The van der Waals surface area contributed by atoms with Gasteiger partial charge in [0.2, 0.25) is 0 Å². The van der Waals surface area contributed by atoms with Gasteiger partial charge in [0.25, 0.3) is 6.71 Å². The predicted octanol–water partition coefficient (Wildman–Crippen LogP) is 2.87. The molecule has 4 heteroatoms. The van der Waals surface area contributed by atoms with E-state index in [9.17, 15) is 5.11 Å². The number of nitrogens with zero attached hydrogens (tertiary/aromatic N) is 2. The number of rotatable bonds is 6. The van der Waals surface area contributed by atoms with Crippen molar-refractivity contribution in [2.45, 2.75) is 45.4 Å². The smallest absolute Gasteiger partial charge is 0.268 e. The fourth-order valence-corrected chi connectivity index (χ4v) is 2.06. The number of aliphatic hydroxyl groups is 1. The van der Waals surface area contributed by atoms with Gasteiger partial charge in [-0.3, -0.25) is 4.99 Å². The maximum absolute atomic E-state index is 10.2. The zero-order valence-corrected chi connectivity index (χ0v) is 11.3. The van der Waals surface area contributed by atoms with E-state index in [1.807, 2.05) is 13.0 Å². The third kappa shape index (κ3) is 3.85. The lowest BCUT2D eigenvalue weighted by Crippen LogP contribution is -2.42. The Balaban J connectivity index is 2.62. The van der Waals surface area contributed by atoms with Crippen LogP contribution in [0.2, 0.25) is 12.6 Å². The lowest BCUT2D eigenvalue weighted by molar-refractivity contribution is 0.181. The molecule has 0 aromatic heterocycles. The normalized spacial score (nSPS) is 18.6. The minimum atomic E-state index is -0.585. The quantitative estimate of drug-likeness (QED) is 0.577. The molecule has 3 nitrogen and oxygen atoms in total. The highest BCUT2D eigenvalue weighted by Gasteiger charge is 2.39. The number of nitriles is 1. The first-order chi connectivity index (χ1) is 8.60. The second-order valence-electron chi connectivity index (χ2n) is 4.97. The summed E-state index contributed by atoms with van der Waals surface area (Å²) < 4.78 is 0. The topological polar surface area (TPSA) is 56.4 Å². The molecule has 1 atom stereocenters. The fraction of sp³-hybridized carbons (Fsp3) is 0.571. The van der Waals surface area contributed by atoms with Crippen LogP contribution in [0.25, 0.3) is 0 Å². The number of hydrogen-bond acceptors (Lipinski definition) is 3. The zero-order valence-electron chi connectivity index (χ0n) is 11.3. The van der Waals surface area contributed by atoms with Crippen molar-refractivity contribution in [3.05, 3.63) is 24.4 Å². The first-order valence-corrected chi connectivity index (χ1v) is 6.56. The zero-order chi connectivity index (χ0) is 13.5. The predicted molar refractivity (Wildman–Crippen MR) is 76.8 cm³/mol. The Morgan fingerprint density at radius 2 is 2.33 bits per heavy atom. The molecular formula is C14H21BN2O. The molecule has 0 bridgehead atoms. The van der Waals surface area contributed by atoms with Crippen molar-refractivity contribution in [1.29, 1.82) is 5.26 Å². The highest BCUT2D eigenvalue weighted by atomic mass is 16.3. The largest absolute Gasteiger partial charge is 0.387 e. The van der Waals surface area contributed by atoms with Gasteiger partial charge in [0.1, 0.15) is 0 Å². The molecule has 1 unspecified atom stereocenters. The van der Waals surface area contributed by atoms with Crippen LogP contribution in [0.15, 0.2) is 29.4 Å². The highest BCUT2D eigenvalue weighted by Crippen LogP contribution is 2.32. The van der Waals surface area contributed by atoms with Gasteiger partial charge in [-0.15, -0.1) is 0 Å². The number of aliphatic imine (C=N–C) groups is 1. The third-order valence-corrected chi connectivity index (χ3v) is 3.30. The minimum absolute atomic E-state index is 0.103. The summed E-state index contributed by atoms with van der Waals surface area (Å²) in [5, 5.41) is 19.0. The Kier molecular flexibility index (Phi) is 5.87. The van der Waals surface area contributed by atoms with E-state index in [1.54, 1.807) is 6.20 Å². The summed E-state index contributed by atoms with van der Waals surface area (Å²) in [7, 11) is 0. The van der Waals surface area contributed by atoms with Crippen molar-refractivity contribution in [2.75, 3.05) is 0 Å². The van der Waals surface area contributed by atoms with Gasteiger partial charge >= 0.3 is 0 Å². The molecular weight excluding hydrogens is 223 g/mol. The fourth-order valence-electron chi connectivity index (χ4n) is 2.06. The second-order valence-corrected chi connectivity index (χ2v) is 4.97. The van der Waals surface area contributed by atoms with Crippen LogP contribution >= 0.6 is 0 Å². The maximum atomic E-state index is 10.2. The molecule has 0 aromatic rings. The van der Waals surface area contributed by atoms with Crippen LogP contribution < -0.4 is 0 Å². The van der Waals surface area contributed by atoms with Crippen molar-refractivity contribution in [3.8, 4) is 5.97 Å². The van der Waals surface area contributed by atoms with Crippen LogP contribution in [0.1, 0.15) is 26.7 Å². The van der Waals surface area contributed by atoms with E-state index in [4.69, 9.17) is 5.26 Å². The molecule has 1 heterocycles. The molecule has 1 aliphatic rings. The summed E-state index contributed by atoms with van der Waals surface area (Å²) in [6.07, 6.45) is 6.77. The van der Waals surface area contributed by atoms with Crippen molar-refractivity contribution < 1.29 is 5.11 Å². The molecule has 0 radical (unpaired) electrons. The molecule has 96 valence electrons. The van der Waals surface area contributed by atoms with Crippen molar-refractivity contribution in [3.63, 3.8) is 0 Å². The van der Waals surface area contributed by atoms with Gasteiger partial charge < -0.3 is 5.11 Å². The summed E-state index contributed by atoms with van der Waals surface area (Å²) in [4.78, 5) is 4.32. The number of aliphatic hydroxyl groups excluding tert-OH is 1. The number of unbranched alkanes of at least 4 members (excludes halogenated alkanes) is 1. The maximum Gasteiger partial charge on any atom is 0.268 e. The molecule has 0 saturated carbocycles. The molecule has 1 saturated heterocycles.